The van der Waals surface area contributed by atoms with Crippen molar-refractivity contribution < 1.29 is 5.11 Å². The second kappa shape index (κ2) is 4.66. The molecule has 0 radical (unpaired) electrons. The quantitative estimate of drug-likeness (QED) is 0.642. The summed E-state index contributed by atoms with van der Waals surface area (Å²) in [6.07, 6.45) is 8.32. The van der Waals surface area contributed by atoms with E-state index in [1.54, 1.807) is 0 Å². The van der Waals surface area contributed by atoms with Gasteiger partial charge in [-0.2, -0.15) is 0 Å². The van der Waals surface area contributed by atoms with Gasteiger partial charge in [-0.25, -0.2) is 0 Å². The molecule has 0 aliphatic heterocycles. The molecule has 0 spiro atoms. The predicted molar refractivity (Wildman–Crippen MR) is 51.9 cm³/mol. The summed E-state index contributed by atoms with van der Waals surface area (Å²) in [6.45, 7) is 5.67. The zero-order chi connectivity index (χ0) is 8.97. The highest BCUT2D eigenvalue weighted by Crippen LogP contribution is 2.32. The van der Waals surface area contributed by atoms with Crippen LogP contribution < -0.4 is 0 Å². The van der Waals surface area contributed by atoms with Crippen LogP contribution in [0.15, 0.2) is 12.7 Å². The van der Waals surface area contributed by atoms with Gasteiger partial charge in [0, 0.05) is 5.92 Å². The summed E-state index contributed by atoms with van der Waals surface area (Å²) in [6, 6.07) is 0. The molecule has 1 nitrogen and oxygen atoms in total. The molecule has 12 heavy (non-hydrogen) atoms. The molecule has 1 aliphatic carbocycles. The van der Waals surface area contributed by atoms with Crippen molar-refractivity contribution in [1.82, 2.24) is 0 Å². The topological polar surface area (TPSA) is 20.2 Å². The summed E-state index contributed by atoms with van der Waals surface area (Å²) < 4.78 is 0. The van der Waals surface area contributed by atoms with Gasteiger partial charge in [-0.15, -0.1) is 6.58 Å². The average Bonchev–Trinajstić information content (AvgIpc) is 2.07. The molecule has 0 aromatic rings. The van der Waals surface area contributed by atoms with Crippen molar-refractivity contribution in [2.45, 2.75) is 45.1 Å². The van der Waals surface area contributed by atoms with E-state index in [9.17, 15) is 5.11 Å². The fourth-order valence-electron chi connectivity index (χ4n) is 2.30. The standard InChI is InChI=1S/C11H20O/c1-3-11(9(2)12)10-7-5-4-6-8-10/h3,9-12H,1,4-8H2,2H3/t9?,11-/m1/s1. The van der Waals surface area contributed by atoms with E-state index in [0.29, 0.717) is 11.8 Å². The van der Waals surface area contributed by atoms with Crippen LogP contribution in [0.4, 0.5) is 0 Å². The van der Waals surface area contributed by atoms with E-state index in [1.807, 2.05) is 13.0 Å². The smallest absolute Gasteiger partial charge is 0.0577 e. The summed E-state index contributed by atoms with van der Waals surface area (Å²) in [7, 11) is 0. The lowest BCUT2D eigenvalue weighted by Gasteiger charge is -2.29. The highest BCUT2D eigenvalue weighted by Gasteiger charge is 2.24. The zero-order valence-electron chi connectivity index (χ0n) is 8.00. The first kappa shape index (κ1) is 9.79. The van der Waals surface area contributed by atoms with Crippen LogP contribution in [0.5, 0.6) is 0 Å². The SMILES string of the molecule is C=C[C@H](C(C)O)C1CCCCC1. The third kappa shape index (κ3) is 2.34. The molecule has 0 aromatic heterocycles. The second-order valence-electron chi connectivity index (χ2n) is 3.95. The van der Waals surface area contributed by atoms with E-state index < -0.39 is 0 Å². The Labute approximate surface area is 75.5 Å². The largest absolute Gasteiger partial charge is 0.393 e. The van der Waals surface area contributed by atoms with E-state index >= 15 is 0 Å². The molecular weight excluding hydrogens is 148 g/mol. The summed E-state index contributed by atoms with van der Waals surface area (Å²) in [5.41, 5.74) is 0. The Kier molecular flexibility index (Phi) is 3.80. The van der Waals surface area contributed by atoms with Crippen molar-refractivity contribution in [1.29, 1.82) is 0 Å². The summed E-state index contributed by atoms with van der Waals surface area (Å²) in [5, 5.41) is 9.49. The van der Waals surface area contributed by atoms with Crippen molar-refractivity contribution in [2.75, 3.05) is 0 Å². The molecule has 0 aromatic carbocycles. The molecule has 1 aliphatic rings. The van der Waals surface area contributed by atoms with Gasteiger partial charge in [-0.3, -0.25) is 0 Å². The molecule has 1 heteroatoms. The van der Waals surface area contributed by atoms with E-state index in [2.05, 4.69) is 6.58 Å². The minimum atomic E-state index is -0.217. The fraction of sp³-hybridized carbons (Fsp3) is 0.818. The maximum absolute atomic E-state index is 9.49. The van der Waals surface area contributed by atoms with Gasteiger partial charge in [0.15, 0.2) is 0 Å². The number of hydrogen-bond acceptors (Lipinski definition) is 1. The predicted octanol–water partition coefficient (Wildman–Crippen LogP) is 2.75. The molecule has 1 saturated carbocycles. The molecule has 2 atom stereocenters. The summed E-state index contributed by atoms with van der Waals surface area (Å²) >= 11 is 0. The van der Waals surface area contributed by atoms with E-state index in [0.717, 1.165) is 0 Å². The van der Waals surface area contributed by atoms with Crippen LogP contribution in [0.1, 0.15) is 39.0 Å². The maximum atomic E-state index is 9.49. The Morgan fingerprint density at radius 2 is 1.92 bits per heavy atom. The molecule has 1 rings (SSSR count). The van der Waals surface area contributed by atoms with Crippen LogP contribution >= 0.6 is 0 Å². The van der Waals surface area contributed by atoms with Gasteiger partial charge in [-0.05, 0) is 25.7 Å². The van der Waals surface area contributed by atoms with Crippen LogP contribution in [0.3, 0.4) is 0 Å². The highest BCUT2D eigenvalue weighted by molar-refractivity contribution is 4.89. The maximum Gasteiger partial charge on any atom is 0.0577 e. The van der Waals surface area contributed by atoms with Crippen LogP contribution in [0, 0.1) is 11.8 Å². The monoisotopic (exact) mass is 168 g/mol. The van der Waals surface area contributed by atoms with Gasteiger partial charge < -0.3 is 5.11 Å². The number of aliphatic hydroxyl groups excluding tert-OH is 1. The normalized spacial score (nSPS) is 24.8. The first-order chi connectivity index (χ1) is 5.75. The Hall–Kier alpha value is -0.300. The summed E-state index contributed by atoms with van der Waals surface area (Å²) in [4.78, 5) is 0. The molecule has 0 heterocycles. The van der Waals surface area contributed by atoms with Gasteiger partial charge in [0.25, 0.3) is 0 Å². The third-order valence-corrected chi connectivity index (χ3v) is 3.02. The first-order valence-electron chi connectivity index (χ1n) is 5.06. The molecule has 1 unspecified atom stereocenters. The molecule has 1 N–H and O–H groups in total. The van der Waals surface area contributed by atoms with Crippen molar-refractivity contribution in [3.05, 3.63) is 12.7 Å². The van der Waals surface area contributed by atoms with Crippen LogP contribution in [-0.2, 0) is 0 Å². The first-order valence-corrected chi connectivity index (χ1v) is 5.06. The molecule has 70 valence electrons. The van der Waals surface area contributed by atoms with Crippen LogP contribution in [0.2, 0.25) is 0 Å². The van der Waals surface area contributed by atoms with E-state index in [-0.39, 0.29) is 6.10 Å². The Bertz CT molecular complexity index is 134. The zero-order valence-corrected chi connectivity index (χ0v) is 8.00. The Morgan fingerprint density at radius 1 is 1.33 bits per heavy atom. The number of aliphatic hydroxyl groups is 1. The van der Waals surface area contributed by atoms with Crippen molar-refractivity contribution in [2.24, 2.45) is 11.8 Å². The van der Waals surface area contributed by atoms with Gasteiger partial charge in [-0.1, -0.05) is 25.3 Å². The van der Waals surface area contributed by atoms with E-state index in [4.69, 9.17) is 0 Å². The minimum Gasteiger partial charge on any atom is -0.393 e. The van der Waals surface area contributed by atoms with Gasteiger partial charge in [0.2, 0.25) is 0 Å². The molecule has 0 bridgehead atoms. The minimum absolute atomic E-state index is 0.217. The fourth-order valence-corrected chi connectivity index (χ4v) is 2.30. The lowest BCUT2D eigenvalue weighted by atomic mass is 9.78. The average molecular weight is 168 g/mol. The molecule has 0 saturated heterocycles. The second-order valence-corrected chi connectivity index (χ2v) is 3.95. The van der Waals surface area contributed by atoms with Gasteiger partial charge >= 0.3 is 0 Å². The van der Waals surface area contributed by atoms with Crippen LogP contribution in [0.25, 0.3) is 0 Å². The lowest BCUT2D eigenvalue weighted by Crippen LogP contribution is -2.25. The lowest BCUT2D eigenvalue weighted by molar-refractivity contribution is 0.100. The van der Waals surface area contributed by atoms with Crippen molar-refractivity contribution >= 4 is 0 Å². The molecular formula is C11H20O. The van der Waals surface area contributed by atoms with Crippen molar-refractivity contribution in [3.8, 4) is 0 Å². The molecule has 0 amide bonds. The van der Waals surface area contributed by atoms with Gasteiger partial charge in [0.05, 0.1) is 6.10 Å². The van der Waals surface area contributed by atoms with E-state index in [1.165, 1.54) is 32.1 Å². The number of rotatable bonds is 3. The number of hydrogen-bond donors (Lipinski definition) is 1. The summed E-state index contributed by atoms with van der Waals surface area (Å²) in [5.74, 6) is 1.02. The Morgan fingerprint density at radius 3 is 2.33 bits per heavy atom. The van der Waals surface area contributed by atoms with Gasteiger partial charge in [0.1, 0.15) is 0 Å². The van der Waals surface area contributed by atoms with Crippen molar-refractivity contribution in [3.63, 3.8) is 0 Å². The Balaban J connectivity index is 2.45. The molecule has 1 fully saturated rings. The van der Waals surface area contributed by atoms with Crippen LogP contribution in [-0.4, -0.2) is 11.2 Å². The third-order valence-electron chi connectivity index (χ3n) is 3.02. The highest BCUT2D eigenvalue weighted by atomic mass is 16.3.